The third-order valence-corrected chi connectivity index (χ3v) is 5.16. The SMILES string of the molecule is CC1CC(C)CN(CCc2ccc(OCc3ccccc3)c(NC=O)c2)C1. The highest BCUT2D eigenvalue weighted by Crippen LogP contribution is 2.27. The molecule has 27 heavy (non-hydrogen) atoms. The van der Waals surface area contributed by atoms with Gasteiger partial charge in [0.15, 0.2) is 0 Å². The molecule has 1 fully saturated rings. The van der Waals surface area contributed by atoms with E-state index in [0.29, 0.717) is 18.8 Å². The number of hydrogen-bond donors (Lipinski definition) is 1. The number of benzene rings is 2. The van der Waals surface area contributed by atoms with Gasteiger partial charge in [-0.1, -0.05) is 50.2 Å². The van der Waals surface area contributed by atoms with Crippen molar-refractivity contribution in [2.75, 3.05) is 25.0 Å². The molecule has 0 aliphatic carbocycles. The summed E-state index contributed by atoms with van der Waals surface area (Å²) < 4.78 is 5.92. The van der Waals surface area contributed by atoms with Crippen LogP contribution in [0.5, 0.6) is 5.75 Å². The van der Waals surface area contributed by atoms with E-state index >= 15 is 0 Å². The van der Waals surface area contributed by atoms with Crippen LogP contribution in [0.25, 0.3) is 0 Å². The normalized spacial score (nSPS) is 20.2. The highest BCUT2D eigenvalue weighted by atomic mass is 16.5. The average Bonchev–Trinajstić information content (AvgIpc) is 2.66. The first-order valence-electron chi connectivity index (χ1n) is 9.86. The lowest BCUT2D eigenvalue weighted by Gasteiger charge is -2.35. The zero-order valence-electron chi connectivity index (χ0n) is 16.4. The number of piperidine rings is 1. The quantitative estimate of drug-likeness (QED) is 0.706. The van der Waals surface area contributed by atoms with Crippen LogP contribution < -0.4 is 10.1 Å². The van der Waals surface area contributed by atoms with Crippen molar-refractivity contribution in [1.29, 1.82) is 0 Å². The van der Waals surface area contributed by atoms with E-state index in [1.807, 2.05) is 42.5 Å². The van der Waals surface area contributed by atoms with Crippen LogP contribution in [0.1, 0.15) is 31.4 Å². The second-order valence-corrected chi connectivity index (χ2v) is 7.82. The number of hydrogen-bond acceptors (Lipinski definition) is 3. The summed E-state index contributed by atoms with van der Waals surface area (Å²) in [5.74, 6) is 2.25. The molecule has 1 aliphatic rings. The van der Waals surface area contributed by atoms with Crippen LogP contribution in [0, 0.1) is 11.8 Å². The second-order valence-electron chi connectivity index (χ2n) is 7.82. The van der Waals surface area contributed by atoms with Gasteiger partial charge in [-0.2, -0.15) is 0 Å². The number of amides is 1. The fraction of sp³-hybridized carbons (Fsp3) is 0.435. The van der Waals surface area contributed by atoms with E-state index in [9.17, 15) is 4.79 Å². The summed E-state index contributed by atoms with van der Waals surface area (Å²) in [6.45, 7) is 8.59. The van der Waals surface area contributed by atoms with Crippen LogP contribution in [-0.4, -0.2) is 30.9 Å². The molecule has 4 nitrogen and oxygen atoms in total. The minimum absolute atomic E-state index is 0.483. The number of nitrogens with one attached hydrogen (secondary N) is 1. The lowest BCUT2D eigenvalue weighted by molar-refractivity contribution is -0.105. The van der Waals surface area contributed by atoms with Crippen molar-refractivity contribution in [3.63, 3.8) is 0 Å². The maximum Gasteiger partial charge on any atom is 0.211 e. The number of likely N-dealkylation sites (tertiary alicyclic amines) is 1. The summed E-state index contributed by atoms with van der Waals surface area (Å²) in [5, 5.41) is 2.79. The summed E-state index contributed by atoms with van der Waals surface area (Å²) in [5.41, 5.74) is 3.06. The summed E-state index contributed by atoms with van der Waals surface area (Å²) in [6, 6.07) is 16.1. The summed E-state index contributed by atoms with van der Waals surface area (Å²) in [4.78, 5) is 13.6. The van der Waals surface area contributed by atoms with E-state index in [0.717, 1.165) is 36.1 Å². The van der Waals surface area contributed by atoms with Gasteiger partial charge >= 0.3 is 0 Å². The molecule has 144 valence electrons. The first-order valence-corrected chi connectivity index (χ1v) is 9.86. The summed E-state index contributed by atoms with van der Waals surface area (Å²) >= 11 is 0. The molecule has 3 rings (SSSR count). The van der Waals surface area contributed by atoms with E-state index in [2.05, 4.69) is 30.1 Å². The van der Waals surface area contributed by atoms with Gasteiger partial charge in [0, 0.05) is 19.6 Å². The average molecular weight is 367 g/mol. The predicted molar refractivity (Wildman–Crippen MR) is 110 cm³/mol. The standard InChI is InChI=1S/C23H30N2O2/c1-18-12-19(2)15-25(14-18)11-10-20-8-9-23(22(13-20)24-17-26)27-16-21-6-4-3-5-7-21/h3-9,13,17-19H,10-12,14-16H2,1-2H3,(H,24,26). The molecule has 2 aromatic carbocycles. The van der Waals surface area contributed by atoms with Gasteiger partial charge in [0.1, 0.15) is 12.4 Å². The Kier molecular flexibility index (Phi) is 6.88. The monoisotopic (exact) mass is 366 g/mol. The molecule has 0 saturated carbocycles. The molecule has 1 aliphatic heterocycles. The molecule has 2 unspecified atom stereocenters. The number of rotatable bonds is 8. The number of carbonyl (C=O) groups excluding carboxylic acids is 1. The first-order chi connectivity index (χ1) is 13.1. The van der Waals surface area contributed by atoms with Crippen molar-refractivity contribution in [2.24, 2.45) is 11.8 Å². The highest BCUT2D eigenvalue weighted by Gasteiger charge is 2.21. The second kappa shape index (κ2) is 9.56. The van der Waals surface area contributed by atoms with Gasteiger partial charge in [0.25, 0.3) is 0 Å². The van der Waals surface area contributed by atoms with Gasteiger partial charge in [-0.05, 0) is 47.9 Å². The lowest BCUT2D eigenvalue weighted by Crippen LogP contribution is -2.39. The predicted octanol–water partition coefficient (Wildman–Crippen LogP) is 4.35. The summed E-state index contributed by atoms with van der Waals surface area (Å²) in [7, 11) is 0. The Balaban J connectivity index is 1.61. The Morgan fingerprint density at radius 1 is 1.07 bits per heavy atom. The van der Waals surface area contributed by atoms with E-state index in [4.69, 9.17) is 4.74 Å². The molecule has 0 aromatic heterocycles. The van der Waals surface area contributed by atoms with Crippen LogP contribution in [0.15, 0.2) is 48.5 Å². The minimum Gasteiger partial charge on any atom is -0.487 e. The molecule has 1 amide bonds. The molecule has 1 N–H and O–H groups in total. The van der Waals surface area contributed by atoms with Crippen molar-refractivity contribution >= 4 is 12.1 Å². The minimum atomic E-state index is 0.483. The Bertz CT molecular complexity index is 722. The van der Waals surface area contributed by atoms with Crippen LogP contribution in [-0.2, 0) is 17.8 Å². The third-order valence-electron chi connectivity index (χ3n) is 5.16. The zero-order chi connectivity index (χ0) is 19.1. The number of carbonyl (C=O) groups is 1. The number of nitrogens with zero attached hydrogens (tertiary/aromatic N) is 1. The maximum absolute atomic E-state index is 11.0. The Hall–Kier alpha value is -2.33. The number of anilines is 1. The molecule has 0 radical (unpaired) electrons. The molecule has 0 bridgehead atoms. The lowest BCUT2D eigenvalue weighted by atomic mass is 9.91. The maximum atomic E-state index is 11.0. The Morgan fingerprint density at radius 3 is 2.52 bits per heavy atom. The Labute approximate surface area is 162 Å². The van der Waals surface area contributed by atoms with Gasteiger partial charge in [0.2, 0.25) is 6.41 Å². The molecular weight excluding hydrogens is 336 g/mol. The van der Waals surface area contributed by atoms with Crippen molar-refractivity contribution in [2.45, 2.75) is 33.3 Å². The smallest absolute Gasteiger partial charge is 0.211 e. The molecule has 1 saturated heterocycles. The topological polar surface area (TPSA) is 41.6 Å². The van der Waals surface area contributed by atoms with Crippen LogP contribution >= 0.6 is 0 Å². The summed E-state index contributed by atoms with van der Waals surface area (Å²) in [6.07, 6.45) is 3.02. The van der Waals surface area contributed by atoms with Gasteiger partial charge in [-0.3, -0.25) is 4.79 Å². The van der Waals surface area contributed by atoms with E-state index < -0.39 is 0 Å². The molecule has 1 heterocycles. The van der Waals surface area contributed by atoms with Gasteiger partial charge in [0.05, 0.1) is 5.69 Å². The van der Waals surface area contributed by atoms with E-state index in [-0.39, 0.29) is 0 Å². The molecule has 2 aromatic rings. The van der Waals surface area contributed by atoms with Gasteiger partial charge in [-0.25, -0.2) is 0 Å². The van der Waals surface area contributed by atoms with E-state index in [1.54, 1.807) is 0 Å². The zero-order valence-corrected chi connectivity index (χ0v) is 16.4. The van der Waals surface area contributed by atoms with Crippen LogP contribution in [0.3, 0.4) is 0 Å². The molecule has 2 atom stereocenters. The van der Waals surface area contributed by atoms with Crippen molar-refractivity contribution in [3.05, 3.63) is 59.7 Å². The Morgan fingerprint density at radius 2 is 1.81 bits per heavy atom. The van der Waals surface area contributed by atoms with Gasteiger partial charge in [-0.15, -0.1) is 0 Å². The van der Waals surface area contributed by atoms with Gasteiger partial charge < -0.3 is 15.0 Å². The van der Waals surface area contributed by atoms with Crippen molar-refractivity contribution in [3.8, 4) is 5.75 Å². The molecule has 4 heteroatoms. The highest BCUT2D eigenvalue weighted by molar-refractivity contribution is 5.75. The fourth-order valence-corrected chi connectivity index (χ4v) is 4.03. The fourth-order valence-electron chi connectivity index (χ4n) is 4.03. The number of ether oxygens (including phenoxy) is 1. The van der Waals surface area contributed by atoms with Crippen molar-refractivity contribution in [1.82, 2.24) is 4.90 Å². The molecule has 0 spiro atoms. The van der Waals surface area contributed by atoms with Crippen LogP contribution in [0.2, 0.25) is 0 Å². The van der Waals surface area contributed by atoms with Crippen LogP contribution in [0.4, 0.5) is 5.69 Å². The largest absolute Gasteiger partial charge is 0.487 e. The molecular formula is C23H30N2O2. The van der Waals surface area contributed by atoms with Crippen molar-refractivity contribution < 1.29 is 9.53 Å². The first kappa shape index (κ1) is 19.4. The third kappa shape index (κ3) is 5.83. The van der Waals surface area contributed by atoms with E-state index in [1.165, 1.54) is 25.1 Å².